The molecule has 128 valence electrons. The fourth-order valence-electron chi connectivity index (χ4n) is 3.22. The van der Waals surface area contributed by atoms with Gasteiger partial charge in [0.25, 0.3) is 5.56 Å². The third-order valence-corrected chi connectivity index (χ3v) is 4.70. The highest BCUT2D eigenvalue weighted by molar-refractivity contribution is 5.91. The third kappa shape index (κ3) is 3.28. The van der Waals surface area contributed by atoms with Crippen molar-refractivity contribution in [2.45, 2.75) is 38.6 Å². The van der Waals surface area contributed by atoms with E-state index in [0.29, 0.717) is 18.2 Å². The summed E-state index contributed by atoms with van der Waals surface area (Å²) >= 11 is 0. The standard InChI is InChI=1S/C18H24N4O2/c1-13-17(20-16(23)11-10-14-7-6-12-19-14)18(24)22(21(13)2)15-8-4-3-5-9-15/h3-5,8-9,14,19H,6-7,10-12H2,1-2H3,(H,20,23). The predicted molar refractivity (Wildman–Crippen MR) is 94.6 cm³/mol. The van der Waals surface area contributed by atoms with Gasteiger partial charge in [-0.2, -0.15) is 0 Å². The van der Waals surface area contributed by atoms with Gasteiger partial charge in [0, 0.05) is 19.5 Å². The first kappa shape index (κ1) is 16.5. The second-order valence-electron chi connectivity index (χ2n) is 6.32. The lowest BCUT2D eigenvalue weighted by Crippen LogP contribution is -2.25. The number of anilines is 1. The van der Waals surface area contributed by atoms with E-state index in [0.717, 1.165) is 30.8 Å². The topological polar surface area (TPSA) is 68.1 Å². The number of carbonyl (C=O) groups is 1. The molecular weight excluding hydrogens is 304 g/mol. The summed E-state index contributed by atoms with van der Waals surface area (Å²) in [6, 6.07) is 9.85. The number of carbonyl (C=O) groups excluding carboxylic acids is 1. The average molecular weight is 328 g/mol. The monoisotopic (exact) mass is 328 g/mol. The molecule has 1 aromatic heterocycles. The molecule has 1 aliphatic heterocycles. The maximum absolute atomic E-state index is 12.7. The number of nitrogens with one attached hydrogen (secondary N) is 2. The van der Waals surface area contributed by atoms with Gasteiger partial charge in [-0.15, -0.1) is 0 Å². The lowest BCUT2D eigenvalue weighted by Gasteiger charge is -2.09. The smallest absolute Gasteiger partial charge is 0.295 e. The van der Waals surface area contributed by atoms with Gasteiger partial charge in [0.15, 0.2) is 0 Å². The second-order valence-corrected chi connectivity index (χ2v) is 6.32. The molecule has 2 heterocycles. The average Bonchev–Trinajstić information content (AvgIpc) is 3.17. The number of aromatic nitrogens is 2. The molecular formula is C18H24N4O2. The van der Waals surface area contributed by atoms with Crippen LogP contribution in [0.1, 0.15) is 31.4 Å². The van der Waals surface area contributed by atoms with Crippen LogP contribution in [0.25, 0.3) is 5.69 Å². The van der Waals surface area contributed by atoms with Crippen LogP contribution in [0.2, 0.25) is 0 Å². The van der Waals surface area contributed by atoms with Crippen LogP contribution in [0.4, 0.5) is 5.69 Å². The van der Waals surface area contributed by atoms with Crippen LogP contribution in [0.5, 0.6) is 0 Å². The van der Waals surface area contributed by atoms with Crippen molar-refractivity contribution in [2.75, 3.05) is 11.9 Å². The van der Waals surface area contributed by atoms with E-state index in [2.05, 4.69) is 10.6 Å². The van der Waals surface area contributed by atoms with Crippen molar-refractivity contribution in [3.63, 3.8) is 0 Å². The van der Waals surface area contributed by atoms with E-state index < -0.39 is 0 Å². The zero-order valence-electron chi connectivity index (χ0n) is 14.2. The van der Waals surface area contributed by atoms with Gasteiger partial charge in [-0.05, 0) is 44.9 Å². The van der Waals surface area contributed by atoms with E-state index >= 15 is 0 Å². The van der Waals surface area contributed by atoms with Crippen LogP contribution in [-0.4, -0.2) is 27.9 Å². The molecule has 1 aliphatic rings. The highest BCUT2D eigenvalue weighted by atomic mass is 16.2. The fourth-order valence-corrected chi connectivity index (χ4v) is 3.22. The first-order valence-corrected chi connectivity index (χ1v) is 8.45. The minimum Gasteiger partial charge on any atom is -0.320 e. The van der Waals surface area contributed by atoms with E-state index in [1.807, 2.05) is 44.3 Å². The molecule has 1 unspecified atom stereocenters. The van der Waals surface area contributed by atoms with Gasteiger partial charge in [-0.3, -0.25) is 14.3 Å². The van der Waals surface area contributed by atoms with E-state index in [1.54, 1.807) is 9.36 Å². The van der Waals surface area contributed by atoms with Gasteiger partial charge in [0.1, 0.15) is 5.69 Å². The molecule has 24 heavy (non-hydrogen) atoms. The summed E-state index contributed by atoms with van der Waals surface area (Å²) in [5.41, 5.74) is 1.69. The Hall–Kier alpha value is -2.34. The molecule has 1 atom stereocenters. The Labute approximate surface area is 141 Å². The molecule has 0 aliphatic carbocycles. The number of amides is 1. The maximum Gasteiger partial charge on any atom is 0.295 e. The molecule has 2 N–H and O–H groups in total. The highest BCUT2D eigenvalue weighted by Gasteiger charge is 2.19. The van der Waals surface area contributed by atoms with Gasteiger partial charge >= 0.3 is 0 Å². The SMILES string of the molecule is Cc1c(NC(=O)CCC2CCCN2)c(=O)n(-c2ccccc2)n1C. The first-order chi connectivity index (χ1) is 11.6. The molecule has 1 aromatic carbocycles. The van der Waals surface area contributed by atoms with Crippen molar-refractivity contribution in [2.24, 2.45) is 7.05 Å². The number of hydrogen-bond acceptors (Lipinski definition) is 3. The molecule has 1 saturated heterocycles. The van der Waals surface area contributed by atoms with E-state index in [9.17, 15) is 9.59 Å². The quantitative estimate of drug-likeness (QED) is 0.881. The summed E-state index contributed by atoms with van der Waals surface area (Å²) in [6.07, 6.45) is 3.53. The molecule has 2 aromatic rings. The zero-order valence-corrected chi connectivity index (χ0v) is 14.2. The van der Waals surface area contributed by atoms with Gasteiger partial charge in [0.2, 0.25) is 5.91 Å². The van der Waals surface area contributed by atoms with Gasteiger partial charge in [-0.1, -0.05) is 18.2 Å². The van der Waals surface area contributed by atoms with E-state index in [1.165, 1.54) is 6.42 Å². The van der Waals surface area contributed by atoms with Crippen molar-refractivity contribution < 1.29 is 4.79 Å². The molecule has 0 saturated carbocycles. The van der Waals surface area contributed by atoms with Gasteiger partial charge < -0.3 is 10.6 Å². The van der Waals surface area contributed by atoms with Crippen LogP contribution in [0, 0.1) is 6.92 Å². The zero-order chi connectivity index (χ0) is 17.1. The van der Waals surface area contributed by atoms with E-state index in [4.69, 9.17) is 0 Å². The first-order valence-electron chi connectivity index (χ1n) is 8.45. The van der Waals surface area contributed by atoms with Gasteiger partial charge in [-0.25, -0.2) is 4.68 Å². The number of benzene rings is 1. The van der Waals surface area contributed by atoms with Crippen molar-refractivity contribution in [1.82, 2.24) is 14.7 Å². The minimum absolute atomic E-state index is 0.102. The number of rotatable bonds is 5. The number of para-hydroxylation sites is 1. The molecule has 6 nitrogen and oxygen atoms in total. The molecule has 1 amide bonds. The summed E-state index contributed by atoms with van der Waals surface area (Å²) < 4.78 is 3.34. The van der Waals surface area contributed by atoms with E-state index in [-0.39, 0.29) is 11.5 Å². The summed E-state index contributed by atoms with van der Waals surface area (Å²) in [7, 11) is 1.82. The number of hydrogen-bond donors (Lipinski definition) is 2. The summed E-state index contributed by atoms with van der Waals surface area (Å²) in [5, 5.41) is 6.20. The summed E-state index contributed by atoms with van der Waals surface area (Å²) in [6.45, 7) is 2.88. The Bertz CT molecular complexity index is 770. The molecule has 0 bridgehead atoms. The highest BCUT2D eigenvalue weighted by Crippen LogP contribution is 2.15. The van der Waals surface area contributed by atoms with Crippen LogP contribution in [-0.2, 0) is 11.8 Å². The molecule has 1 fully saturated rings. The Morgan fingerprint density at radius 1 is 1.33 bits per heavy atom. The Morgan fingerprint density at radius 2 is 2.08 bits per heavy atom. The lowest BCUT2D eigenvalue weighted by molar-refractivity contribution is -0.116. The van der Waals surface area contributed by atoms with Crippen LogP contribution in [0.3, 0.4) is 0 Å². The normalized spacial score (nSPS) is 17.2. The largest absolute Gasteiger partial charge is 0.320 e. The maximum atomic E-state index is 12.7. The summed E-state index contributed by atoms with van der Waals surface area (Å²) in [4.78, 5) is 25.0. The van der Waals surface area contributed by atoms with Crippen LogP contribution < -0.4 is 16.2 Å². The van der Waals surface area contributed by atoms with Crippen molar-refractivity contribution in [1.29, 1.82) is 0 Å². The predicted octanol–water partition coefficient (Wildman–Crippen LogP) is 1.96. The molecule has 0 spiro atoms. The summed E-state index contributed by atoms with van der Waals surface area (Å²) in [5.74, 6) is -0.102. The van der Waals surface area contributed by atoms with Crippen molar-refractivity contribution >= 4 is 11.6 Å². The Kier molecular flexibility index (Phi) is 4.85. The Morgan fingerprint density at radius 3 is 2.75 bits per heavy atom. The van der Waals surface area contributed by atoms with Crippen LogP contribution >= 0.6 is 0 Å². The van der Waals surface area contributed by atoms with Gasteiger partial charge in [0.05, 0.1) is 11.4 Å². The van der Waals surface area contributed by atoms with Crippen molar-refractivity contribution in [3.8, 4) is 5.69 Å². The number of nitrogens with zero attached hydrogens (tertiary/aromatic N) is 2. The van der Waals surface area contributed by atoms with Crippen molar-refractivity contribution in [3.05, 3.63) is 46.4 Å². The molecule has 0 radical (unpaired) electrons. The minimum atomic E-state index is -0.200. The van der Waals surface area contributed by atoms with Crippen LogP contribution in [0.15, 0.2) is 35.1 Å². The second kappa shape index (κ2) is 7.05. The Balaban J connectivity index is 1.76. The fraction of sp³-hybridized carbons (Fsp3) is 0.444. The third-order valence-electron chi connectivity index (χ3n) is 4.70. The molecule has 6 heteroatoms. The molecule has 3 rings (SSSR count). The lowest BCUT2D eigenvalue weighted by atomic mass is 10.1.